The number of benzene rings is 1. The monoisotopic (exact) mass is 273 g/mol. The molecule has 0 aliphatic rings. The van der Waals surface area contributed by atoms with Gasteiger partial charge in [-0.05, 0) is 26.8 Å². The number of para-hydroxylation sites is 1. The Morgan fingerprint density at radius 3 is 2.65 bits per heavy atom. The van der Waals surface area contributed by atoms with Crippen LogP contribution in [0.5, 0.6) is 5.75 Å². The summed E-state index contributed by atoms with van der Waals surface area (Å²) in [5.74, 6) is 1.09. The molecule has 0 saturated heterocycles. The Labute approximate surface area is 118 Å². The highest BCUT2D eigenvalue weighted by atomic mass is 16.5. The topological polar surface area (TPSA) is 67.0 Å². The molecule has 0 radical (unpaired) electrons. The molecule has 0 spiro atoms. The van der Waals surface area contributed by atoms with E-state index in [9.17, 15) is 4.79 Å². The molecule has 1 aromatic carbocycles. The van der Waals surface area contributed by atoms with Crippen molar-refractivity contribution in [3.05, 3.63) is 41.6 Å². The summed E-state index contributed by atoms with van der Waals surface area (Å²) in [6.07, 6.45) is 0. The minimum atomic E-state index is -0.723. The zero-order chi connectivity index (χ0) is 14.8. The summed E-state index contributed by atoms with van der Waals surface area (Å²) in [6, 6.07) is 9.31. The molecule has 0 atom stereocenters. The van der Waals surface area contributed by atoms with Crippen LogP contribution in [0.25, 0.3) is 0 Å². The van der Waals surface area contributed by atoms with Gasteiger partial charge in [0.15, 0.2) is 5.82 Å². The average Bonchev–Trinajstić information content (AvgIpc) is 2.84. The molecule has 5 heteroatoms. The third-order valence-electron chi connectivity index (χ3n) is 3.30. The Morgan fingerprint density at radius 2 is 2.05 bits per heavy atom. The van der Waals surface area contributed by atoms with Crippen LogP contribution in [0.15, 0.2) is 30.3 Å². The molecule has 0 aliphatic carbocycles. The molecular formula is C15H19N3O2. The maximum Gasteiger partial charge on any atom is 0.235 e. The van der Waals surface area contributed by atoms with Gasteiger partial charge in [0.1, 0.15) is 5.75 Å². The third-order valence-corrected chi connectivity index (χ3v) is 3.30. The van der Waals surface area contributed by atoms with E-state index < -0.39 is 5.41 Å². The largest absolute Gasteiger partial charge is 0.496 e. The van der Waals surface area contributed by atoms with Gasteiger partial charge in [-0.1, -0.05) is 18.2 Å². The molecule has 2 N–H and O–H groups in total. The number of nitrogens with zero attached hydrogens (tertiary/aromatic N) is 1. The first-order chi connectivity index (χ1) is 9.45. The molecule has 0 bridgehead atoms. The Balaban J connectivity index is 2.27. The zero-order valence-electron chi connectivity index (χ0n) is 12.2. The number of methoxy groups -OCH3 is 1. The number of ether oxygens (including phenoxy) is 1. The highest BCUT2D eigenvalue weighted by Gasteiger charge is 2.32. The summed E-state index contributed by atoms with van der Waals surface area (Å²) in [5.41, 5.74) is 1.02. The van der Waals surface area contributed by atoms with Gasteiger partial charge >= 0.3 is 0 Å². The number of nitrogens with one attached hydrogen (secondary N) is 2. The van der Waals surface area contributed by atoms with Gasteiger partial charge in [0.2, 0.25) is 5.91 Å². The van der Waals surface area contributed by atoms with Gasteiger partial charge in [0, 0.05) is 17.3 Å². The average molecular weight is 273 g/mol. The van der Waals surface area contributed by atoms with Gasteiger partial charge in [-0.25, -0.2) is 0 Å². The van der Waals surface area contributed by atoms with Crippen LogP contribution < -0.4 is 10.1 Å². The van der Waals surface area contributed by atoms with Crippen molar-refractivity contribution in [2.24, 2.45) is 0 Å². The summed E-state index contributed by atoms with van der Waals surface area (Å²) < 4.78 is 5.33. The van der Waals surface area contributed by atoms with E-state index >= 15 is 0 Å². The molecule has 2 aromatic rings. The molecule has 5 nitrogen and oxygen atoms in total. The predicted molar refractivity (Wildman–Crippen MR) is 78.0 cm³/mol. The maximum atomic E-state index is 12.5. The maximum absolute atomic E-state index is 12.5. The van der Waals surface area contributed by atoms with Crippen molar-refractivity contribution in [2.45, 2.75) is 26.2 Å². The van der Waals surface area contributed by atoms with Crippen LogP contribution in [0.4, 0.5) is 5.82 Å². The van der Waals surface area contributed by atoms with Gasteiger partial charge in [-0.15, -0.1) is 0 Å². The number of hydrogen-bond acceptors (Lipinski definition) is 3. The lowest BCUT2D eigenvalue weighted by Gasteiger charge is -2.25. The minimum Gasteiger partial charge on any atom is -0.496 e. The van der Waals surface area contributed by atoms with E-state index in [1.165, 1.54) is 0 Å². The van der Waals surface area contributed by atoms with Crippen LogP contribution in [-0.2, 0) is 10.2 Å². The number of anilines is 1. The number of amides is 1. The SMILES string of the molecule is COc1ccccc1C(C)(C)C(=O)Nc1cc(C)[nH]n1. The number of carbonyl (C=O) groups excluding carboxylic acids is 1. The number of carbonyl (C=O) groups is 1. The van der Waals surface area contributed by atoms with E-state index in [-0.39, 0.29) is 5.91 Å². The van der Waals surface area contributed by atoms with Crippen molar-refractivity contribution in [3.63, 3.8) is 0 Å². The van der Waals surface area contributed by atoms with Gasteiger partial charge in [-0.2, -0.15) is 5.10 Å². The Bertz CT molecular complexity index is 617. The van der Waals surface area contributed by atoms with Crippen LogP contribution in [0.1, 0.15) is 25.1 Å². The van der Waals surface area contributed by atoms with Crippen molar-refractivity contribution >= 4 is 11.7 Å². The van der Waals surface area contributed by atoms with Crippen LogP contribution in [-0.4, -0.2) is 23.2 Å². The first-order valence-electron chi connectivity index (χ1n) is 6.42. The van der Waals surface area contributed by atoms with Gasteiger partial charge < -0.3 is 10.1 Å². The molecule has 2 rings (SSSR count). The van der Waals surface area contributed by atoms with Crippen LogP contribution >= 0.6 is 0 Å². The van der Waals surface area contributed by atoms with E-state index in [0.29, 0.717) is 11.6 Å². The quantitative estimate of drug-likeness (QED) is 0.900. The number of hydrogen-bond donors (Lipinski definition) is 2. The van der Waals surface area contributed by atoms with E-state index in [1.54, 1.807) is 13.2 Å². The third kappa shape index (κ3) is 2.66. The first kappa shape index (κ1) is 14.1. The number of aryl methyl sites for hydroxylation is 1. The number of H-pyrrole nitrogens is 1. The van der Waals surface area contributed by atoms with E-state index in [1.807, 2.05) is 45.0 Å². The van der Waals surface area contributed by atoms with Crippen LogP contribution in [0, 0.1) is 6.92 Å². The second-order valence-electron chi connectivity index (χ2n) is 5.22. The molecule has 0 aliphatic heterocycles. The minimum absolute atomic E-state index is 0.131. The van der Waals surface area contributed by atoms with E-state index in [0.717, 1.165) is 11.3 Å². The molecule has 1 amide bonds. The van der Waals surface area contributed by atoms with E-state index in [2.05, 4.69) is 15.5 Å². The standard InChI is InChI=1S/C15H19N3O2/c1-10-9-13(18-17-10)16-14(19)15(2,3)11-7-5-6-8-12(11)20-4/h5-9H,1-4H3,(H2,16,17,18,19). The molecular weight excluding hydrogens is 254 g/mol. The summed E-state index contributed by atoms with van der Waals surface area (Å²) >= 11 is 0. The fourth-order valence-electron chi connectivity index (χ4n) is 2.04. The van der Waals surface area contributed by atoms with E-state index in [4.69, 9.17) is 4.74 Å². The fraction of sp³-hybridized carbons (Fsp3) is 0.333. The molecule has 20 heavy (non-hydrogen) atoms. The van der Waals surface area contributed by atoms with Crippen molar-refractivity contribution in [3.8, 4) is 5.75 Å². The summed E-state index contributed by atoms with van der Waals surface area (Å²) in [5, 5.41) is 9.63. The Morgan fingerprint density at radius 1 is 1.35 bits per heavy atom. The summed E-state index contributed by atoms with van der Waals surface area (Å²) in [4.78, 5) is 12.5. The second kappa shape index (κ2) is 5.36. The molecule has 1 heterocycles. The highest BCUT2D eigenvalue weighted by molar-refractivity contribution is 5.98. The Hall–Kier alpha value is -2.30. The van der Waals surface area contributed by atoms with Crippen LogP contribution in [0.2, 0.25) is 0 Å². The molecule has 0 fully saturated rings. The molecule has 0 unspecified atom stereocenters. The van der Waals surface area contributed by atoms with Gasteiger partial charge in [0.25, 0.3) is 0 Å². The first-order valence-corrected chi connectivity index (χ1v) is 6.42. The predicted octanol–water partition coefficient (Wildman–Crippen LogP) is 2.64. The Kier molecular flexibility index (Phi) is 3.79. The van der Waals surface area contributed by atoms with Gasteiger partial charge in [-0.3, -0.25) is 9.89 Å². The highest BCUT2D eigenvalue weighted by Crippen LogP contribution is 2.32. The van der Waals surface area contributed by atoms with Crippen molar-refractivity contribution in [1.82, 2.24) is 10.2 Å². The second-order valence-corrected chi connectivity index (χ2v) is 5.22. The number of aromatic nitrogens is 2. The number of rotatable bonds is 4. The lowest BCUT2D eigenvalue weighted by molar-refractivity contribution is -0.120. The normalized spacial score (nSPS) is 11.2. The lowest BCUT2D eigenvalue weighted by atomic mass is 9.83. The van der Waals surface area contributed by atoms with Crippen molar-refractivity contribution in [1.29, 1.82) is 0 Å². The van der Waals surface area contributed by atoms with Crippen LogP contribution in [0.3, 0.4) is 0 Å². The fourth-order valence-corrected chi connectivity index (χ4v) is 2.04. The van der Waals surface area contributed by atoms with Crippen molar-refractivity contribution < 1.29 is 9.53 Å². The lowest BCUT2D eigenvalue weighted by Crippen LogP contribution is -2.35. The van der Waals surface area contributed by atoms with Crippen molar-refractivity contribution in [2.75, 3.05) is 12.4 Å². The zero-order valence-corrected chi connectivity index (χ0v) is 12.2. The number of aromatic amines is 1. The molecule has 0 saturated carbocycles. The summed E-state index contributed by atoms with van der Waals surface area (Å²) in [7, 11) is 1.60. The smallest absolute Gasteiger partial charge is 0.235 e. The summed E-state index contributed by atoms with van der Waals surface area (Å²) in [6.45, 7) is 5.60. The van der Waals surface area contributed by atoms with Gasteiger partial charge in [0.05, 0.1) is 12.5 Å². The molecule has 106 valence electrons. The molecule has 1 aromatic heterocycles.